The minimum absolute atomic E-state index is 0.215. The Morgan fingerprint density at radius 1 is 1.09 bits per heavy atom. The number of carboxylic acid groups (broad SMARTS) is 1. The molecule has 1 aromatic heterocycles. The summed E-state index contributed by atoms with van der Waals surface area (Å²) in [5.74, 6) is -0.552. The van der Waals surface area contributed by atoms with Gasteiger partial charge in [0.2, 0.25) is 0 Å². The molecule has 0 unspecified atom stereocenters. The van der Waals surface area contributed by atoms with E-state index in [-0.39, 0.29) is 11.2 Å². The summed E-state index contributed by atoms with van der Waals surface area (Å²) in [6.45, 7) is 17.6. The zero-order valence-corrected chi connectivity index (χ0v) is 27.3. The van der Waals surface area contributed by atoms with Crippen molar-refractivity contribution in [2.45, 2.75) is 86.0 Å². The Labute approximate surface area is 261 Å². The van der Waals surface area contributed by atoms with Crippen LogP contribution in [-0.2, 0) is 22.5 Å². The first-order valence-corrected chi connectivity index (χ1v) is 15.7. The van der Waals surface area contributed by atoms with Gasteiger partial charge in [0.1, 0.15) is 11.6 Å². The fourth-order valence-corrected chi connectivity index (χ4v) is 5.66. The molecular formula is C36H48FN3O4. The van der Waals surface area contributed by atoms with Crippen molar-refractivity contribution in [3.63, 3.8) is 0 Å². The number of nitrogens with zero attached hydrogens (tertiary/aromatic N) is 2. The molecule has 0 aliphatic carbocycles. The maximum absolute atomic E-state index is 13.3. The summed E-state index contributed by atoms with van der Waals surface area (Å²) in [5, 5.41) is 13.9. The van der Waals surface area contributed by atoms with Crippen LogP contribution in [0.5, 0.6) is 5.75 Å². The molecule has 7 nitrogen and oxygen atoms in total. The van der Waals surface area contributed by atoms with Crippen LogP contribution in [0.4, 0.5) is 10.1 Å². The lowest BCUT2D eigenvalue weighted by Crippen LogP contribution is -2.39. The molecule has 238 valence electrons. The number of hydrogen-bond acceptors (Lipinski definition) is 6. The SMILES string of the molecule is CCNCc1nc(C)c([C@H](OC(C)(C)C)C(=O)O)c(N2CCC(C)(C)CC2)c1-c1ccc(OCCc2ccc(F)cc2)cc1. The molecule has 0 radical (unpaired) electrons. The Hall–Kier alpha value is -3.49. The van der Waals surface area contributed by atoms with Crippen LogP contribution in [0, 0.1) is 18.2 Å². The number of aliphatic carboxylic acids is 1. The van der Waals surface area contributed by atoms with E-state index >= 15 is 0 Å². The van der Waals surface area contributed by atoms with Gasteiger partial charge < -0.3 is 24.8 Å². The molecule has 2 N–H and O–H groups in total. The smallest absolute Gasteiger partial charge is 0.337 e. The van der Waals surface area contributed by atoms with Crippen molar-refractivity contribution < 1.29 is 23.8 Å². The van der Waals surface area contributed by atoms with Crippen LogP contribution < -0.4 is 15.0 Å². The second-order valence-corrected chi connectivity index (χ2v) is 13.4. The molecule has 2 aromatic carbocycles. The lowest BCUT2D eigenvalue weighted by atomic mass is 9.81. The topological polar surface area (TPSA) is 83.9 Å². The first-order chi connectivity index (χ1) is 20.8. The number of aromatic nitrogens is 1. The molecule has 8 heteroatoms. The zero-order chi connectivity index (χ0) is 32.1. The van der Waals surface area contributed by atoms with Crippen molar-refractivity contribution in [1.29, 1.82) is 0 Å². The van der Waals surface area contributed by atoms with Crippen LogP contribution >= 0.6 is 0 Å². The molecule has 2 heterocycles. The third-order valence-electron chi connectivity index (χ3n) is 8.12. The Balaban J connectivity index is 1.79. The second-order valence-electron chi connectivity index (χ2n) is 13.4. The van der Waals surface area contributed by atoms with Gasteiger partial charge in [0.05, 0.1) is 23.6 Å². The van der Waals surface area contributed by atoms with E-state index in [1.165, 1.54) is 12.1 Å². The number of carbonyl (C=O) groups is 1. The van der Waals surface area contributed by atoms with Gasteiger partial charge in [-0.15, -0.1) is 0 Å². The molecule has 1 aliphatic heterocycles. The predicted molar refractivity (Wildman–Crippen MR) is 174 cm³/mol. The van der Waals surface area contributed by atoms with Gasteiger partial charge in [-0.1, -0.05) is 45.0 Å². The summed E-state index contributed by atoms with van der Waals surface area (Å²) in [7, 11) is 0. The molecule has 4 rings (SSSR count). The number of rotatable bonds is 12. The molecule has 0 spiro atoms. The van der Waals surface area contributed by atoms with Crippen molar-refractivity contribution >= 4 is 11.7 Å². The molecule has 1 aliphatic rings. The fraction of sp³-hybridized carbons (Fsp3) is 0.500. The van der Waals surface area contributed by atoms with Gasteiger partial charge in [-0.3, -0.25) is 4.98 Å². The number of piperidine rings is 1. The van der Waals surface area contributed by atoms with E-state index in [1.54, 1.807) is 12.1 Å². The second kappa shape index (κ2) is 14.1. The van der Waals surface area contributed by atoms with Gasteiger partial charge in [-0.25, -0.2) is 9.18 Å². The standard InChI is InChI=1S/C36H48FN3O4/c1-8-38-23-29-31(26-11-15-28(16-12-26)43-22-17-25-9-13-27(37)14-10-25)32(40-20-18-36(6,7)19-21-40)30(24(2)39-29)33(34(41)42)44-35(3,4)5/h9-16,33,38H,8,17-23H2,1-7H3,(H,41,42)/t33-/m0/s1. The molecule has 0 bridgehead atoms. The highest BCUT2D eigenvalue weighted by Gasteiger charge is 2.36. The van der Waals surface area contributed by atoms with E-state index in [9.17, 15) is 14.3 Å². The normalized spacial score (nSPS) is 15.7. The van der Waals surface area contributed by atoms with Crippen molar-refractivity contribution in [3.8, 4) is 16.9 Å². The molecular weight excluding hydrogens is 557 g/mol. The van der Waals surface area contributed by atoms with Crippen LogP contribution in [0.25, 0.3) is 11.1 Å². The van der Waals surface area contributed by atoms with Gasteiger partial charge in [0.15, 0.2) is 6.10 Å². The third-order valence-corrected chi connectivity index (χ3v) is 8.12. The molecule has 44 heavy (non-hydrogen) atoms. The number of aryl methyl sites for hydroxylation is 1. The molecule has 0 amide bonds. The van der Waals surface area contributed by atoms with Crippen LogP contribution in [0.2, 0.25) is 0 Å². The highest BCUT2D eigenvalue weighted by Crippen LogP contribution is 2.45. The Kier molecular flexibility index (Phi) is 10.7. The Morgan fingerprint density at radius 3 is 2.30 bits per heavy atom. The number of ether oxygens (including phenoxy) is 2. The summed E-state index contributed by atoms with van der Waals surface area (Å²) in [4.78, 5) is 20.2. The average molecular weight is 606 g/mol. The van der Waals surface area contributed by atoms with E-state index in [0.717, 1.165) is 66.3 Å². The van der Waals surface area contributed by atoms with Crippen molar-refractivity contribution in [2.75, 3.05) is 31.1 Å². The average Bonchev–Trinajstić information content (AvgIpc) is 2.96. The number of nitrogens with one attached hydrogen (secondary N) is 1. The minimum Gasteiger partial charge on any atom is -0.493 e. The first kappa shape index (κ1) is 33.4. The van der Waals surface area contributed by atoms with Gasteiger partial charge in [0.25, 0.3) is 0 Å². The summed E-state index contributed by atoms with van der Waals surface area (Å²) in [6, 6.07) is 14.4. The van der Waals surface area contributed by atoms with Gasteiger partial charge in [-0.05, 0) is 87.9 Å². The maximum Gasteiger partial charge on any atom is 0.337 e. The highest BCUT2D eigenvalue weighted by molar-refractivity contribution is 5.88. The summed E-state index contributed by atoms with van der Waals surface area (Å²) in [6.07, 6.45) is 1.48. The monoisotopic (exact) mass is 605 g/mol. The number of anilines is 1. The van der Waals surface area contributed by atoms with Crippen molar-refractivity contribution in [2.24, 2.45) is 5.41 Å². The van der Waals surface area contributed by atoms with E-state index < -0.39 is 17.7 Å². The first-order valence-electron chi connectivity index (χ1n) is 15.7. The van der Waals surface area contributed by atoms with E-state index in [4.69, 9.17) is 14.5 Å². The third kappa shape index (κ3) is 8.57. The van der Waals surface area contributed by atoms with Crippen LogP contribution in [-0.4, -0.2) is 47.9 Å². The summed E-state index contributed by atoms with van der Waals surface area (Å²) in [5.41, 5.74) is 5.46. The zero-order valence-electron chi connectivity index (χ0n) is 27.3. The largest absolute Gasteiger partial charge is 0.493 e. The van der Waals surface area contributed by atoms with Gasteiger partial charge in [0, 0.05) is 42.9 Å². The van der Waals surface area contributed by atoms with Crippen LogP contribution in [0.3, 0.4) is 0 Å². The number of hydrogen-bond donors (Lipinski definition) is 2. The Morgan fingerprint density at radius 2 is 1.73 bits per heavy atom. The van der Waals surface area contributed by atoms with E-state index in [1.807, 2.05) is 52.0 Å². The van der Waals surface area contributed by atoms with E-state index in [0.29, 0.717) is 30.8 Å². The minimum atomic E-state index is -1.17. The summed E-state index contributed by atoms with van der Waals surface area (Å²) < 4.78 is 25.5. The van der Waals surface area contributed by atoms with Gasteiger partial charge in [-0.2, -0.15) is 0 Å². The lowest BCUT2D eigenvalue weighted by molar-refractivity contribution is -0.160. The number of halogens is 1. The lowest BCUT2D eigenvalue weighted by Gasteiger charge is -2.41. The molecule has 3 aromatic rings. The molecule has 1 atom stereocenters. The van der Waals surface area contributed by atoms with Crippen LogP contribution in [0.1, 0.15) is 83.0 Å². The molecule has 0 saturated carbocycles. The Bertz CT molecular complexity index is 1410. The molecule has 1 saturated heterocycles. The van der Waals surface area contributed by atoms with Crippen LogP contribution in [0.15, 0.2) is 48.5 Å². The van der Waals surface area contributed by atoms with E-state index in [2.05, 4.69) is 31.0 Å². The summed E-state index contributed by atoms with van der Waals surface area (Å²) >= 11 is 0. The number of benzene rings is 2. The number of pyridine rings is 1. The molecule has 1 fully saturated rings. The fourth-order valence-electron chi connectivity index (χ4n) is 5.66. The maximum atomic E-state index is 13.3. The van der Waals surface area contributed by atoms with Crippen molar-refractivity contribution in [3.05, 3.63) is 76.9 Å². The van der Waals surface area contributed by atoms with Gasteiger partial charge >= 0.3 is 5.97 Å². The highest BCUT2D eigenvalue weighted by atomic mass is 19.1. The van der Waals surface area contributed by atoms with Crippen molar-refractivity contribution in [1.82, 2.24) is 10.3 Å². The quantitative estimate of drug-likeness (QED) is 0.221. The predicted octanol–water partition coefficient (Wildman–Crippen LogP) is 7.49. The number of carboxylic acids is 1.